The van der Waals surface area contributed by atoms with Crippen molar-refractivity contribution in [2.24, 2.45) is 0 Å². The number of ether oxygens (including phenoxy) is 2. The maximum Gasteiger partial charge on any atom is 0.161 e. The van der Waals surface area contributed by atoms with Gasteiger partial charge >= 0.3 is 0 Å². The summed E-state index contributed by atoms with van der Waals surface area (Å²) in [6, 6.07) is 7.94. The Kier molecular flexibility index (Phi) is 3.28. The van der Waals surface area contributed by atoms with Crippen LogP contribution in [0.3, 0.4) is 0 Å². The maximum absolute atomic E-state index is 5.28. The summed E-state index contributed by atoms with van der Waals surface area (Å²) >= 11 is 0. The molecule has 0 aliphatic heterocycles. The lowest BCUT2D eigenvalue weighted by atomic mass is 10.1. The molecular formula is C14H15NO2. The molecule has 0 amide bonds. The molecule has 0 bridgehead atoms. The van der Waals surface area contributed by atoms with E-state index >= 15 is 0 Å². The fraction of sp³-hybridized carbons (Fsp3) is 0.214. The van der Waals surface area contributed by atoms with E-state index in [9.17, 15) is 0 Å². The smallest absolute Gasteiger partial charge is 0.161 e. The van der Waals surface area contributed by atoms with Crippen molar-refractivity contribution < 1.29 is 9.47 Å². The van der Waals surface area contributed by atoms with E-state index in [2.05, 4.69) is 11.1 Å². The van der Waals surface area contributed by atoms with Crippen LogP contribution < -0.4 is 9.47 Å². The van der Waals surface area contributed by atoms with Crippen molar-refractivity contribution in [3.8, 4) is 22.6 Å². The van der Waals surface area contributed by atoms with Gasteiger partial charge in [0.15, 0.2) is 11.5 Å². The molecule has 0 aliphatic carbocycles. The number of methoxy groups -OCH3 is 2. The number of nitrogens with zero attached hydrogens (tertiary/aromatic N) is 1. The van der Waals surface area contributed by atoms with E-state index in [0.717, 1.165) is 28.2 Å². The number of benzene rings is 1. The van der Waals surface area contributed by atoms with Gasteiger partial charge in [-0.15, -0.1) is 0 Å². The minimum Gasteiger partial charge on any atom is -0.493 e. The van der Waals surface area contributed by atoms with E-state index in [1.54, 1.807) is 14.2 Å². The zero-order valence-electron chi connectivity index (χ0n) is 10.2. The molecule has 0 atom stereocenters. The molecule has 0 unspecified atom stereocenters. The molecule has 1 aromatic carbocycles. The minimum atomic E-state index is 0.728. The van der Waals surface area contributed by atoms with Crippen molar-refractivity contribution in [3.63, 3.8) is 0 Å². The molecule has 3 nitrogen and oxygen atoms in total. The average Bonchev–Trinajstić information content (AvgIpc) is 2.38. The Bertz CT molecular complexity index is 523. The first-order chi connectivity index (χ1) is 8.24. The molecule has 88 valence electrons. The van der Waals surface area contributed by atoms with Crippen LogP contribution in [0, 0.1) is 6.92 Å². The number of aromatic nitrogens is 1. The lowest BCUT2D eigenvalue weighted by molar-refractivity contribution is 0.355. The predicted octanol–water partition coefficient (Wildman–Crippen LogP) is 3.07. The fourth-order valence-corrected chi connectivity index (χ4v) is 1.73. The van der Waals surface area contributed by atoms with Gasteiger partial charge in [0.05, 0.1) is 14.2 Å². The van der Waals surface area contributed by atoms with Crippen LogP contribution in [-0.2, 0) is 0 Å². The molecule has 0 N–H and O–H groups in total. The second-order valence-electron chi connectivity index (χ2n) is 3.82. The number of hydrogen-bond acceptors (Lipinski definition) is 3. The van der Waals surface area contributed by atoms with E-state index in [1.807, 2.05) is 37.5 Å². The second kappa shape index (κ2) is 4.87. The summed E-state index contributed by atoms with van der Waals surface area (Å²) in [6.07, 6.45) is 3.68. The third kappa shape index (κ3) is 2.38. The predicted molar refractivity (Wildman–Crippen MR) is 67.5 cm³/mol. The Hall–Kier alpha value is -2.03. The van der Waals surface area contributed by atoms with Crippen molar-refractivity contribution in [3.05, 3.63) is 42.2 Å². The van der Waals surface area contributed by atoms with Crippen LogP contribution in [0.25, 0.3) is 11.1 Å². The summed E-state index contributed by atoms with van der Waals surface area (Å²) in [4.78, 5) is 4.19. The first-order valence-electron chi connectivity index (χ1n) is 5.38. The SMILES string of the molecule is COc1ccc(-c2cncc(C)c2)cc1OC. The second-order valence-corrected chi connectivity index (χ2v) is 3.82. The molecule has 0 aliphatic rings. The van der Waals surface area contributed by atoms with Crippen LogP contribution >= 0.6 is 0 Å². The Morgan fingerprint density at radius 3 is 2.29 bits per heavy atom. The van der Waals surface area contributed by atoms with Crippen LogP contribution in [-0.4, -0.2) is 19.2 Å². The van der Waals surface area contributed by atoms with Crippen LogP contribution in [0.1, 0.15) is 5.56 Å². The highest BCUT2D eigenvalue weighted by Gasteiger charge is 2.06. The van der Waals surface area contributed by atoms with Gasteiger partial charge in [-0.2, -0.15) is 0 Å². The summed E-state index contributed by atoms with van der Waals surface area (Å²) in [5, 5.41) is 0. The Morgan fingerprint density at radius 2 is 1.65 bits per heavy atom. The molecule has 0 spiro atoms. The third-order valence-electron chi connectivity index (χ3n) is 2.59. The third-order valence-corrected chi connectivity index (χ3v) is 2.59. The molecule has 0 fully saturated rings. The zero-order valence-corrected chi connectivity index (χ0v) is 10.2. The Morgan fingerprint density at radius 1 is 0.882 bits per heavy atom. The molecule has 1 heterocycles. The van der Waals surface area contributed by atoms with Crippen molar-refractivity contribution in [1.82, 2.24) is 4.98 Å². The quantitative estimate of drug-likeness (QED) is 0.810. The van der Waals surface area contributed by atoms with Crippen LogP contribution in [0.5, 0.6) is 11.5 Å². The summed E-state index contributed by atoms with van der Waals surface area (Å²) in [5.41, 5.74) is 3.28. The molecular weight excluding hydrogens is 214 g/mol. The largest absolute Gasteiger partial charge is 0.493 e. The summed E-state index contributed by atoms with van der Waals surface area (Å²) in [7, 11) is 3.27. The van der Waals surface area contributed by atoms with E-state index in [0.29, 0.717) is 0 Å². The lowest BCUT2D eigenvalue weighted by Gasteiger charge is -2.09. The molecule has 3 heteroatoms. The molecule has 2 aromatic rings. The van der Waals surface area contributed by atoms with Crippen LogP contribution in [0.4, 0.5) is 0 Å². The van der Waals surface area contributed by atoms with Gasteiger partial charge < -0.3 is 9.47 Å². The van der Waals surface area contributed by atoms with Crippen molar-refractivity contribution in [2.75, 3.05) is 14.2 Å². The van der Waals surface area contributed by atoms with Gasteiger partial charge in [-0.1, -0.05) is 6.07 Å². The van der Waals surface area contributed by atoms with Crippen LogP contribution in [0.2, 0.25) is 0 Å². The van der Waals surface area contributed by atoms with Crippen molar-refractivity contribution in [2.45, 2.75) is 6.92 Å². The topological polar surface area (TPSA) is 31.4 Å². The monoisotopic (exact) mass is 229 g/mol. The standard InChI is InChI=1S/C14H15NO2/c1-10-6-12(9-15-8-10)11-4-5-13(16-2)14(7-11)17-3/h4-9H,1-3H3. The molecule has 2 rings (SSSR count). The van der Waals surface area contributed by atoms with Crippen LogP contribution in [0.15, 0.2) is 36.7 Å². The number of aryl methyl sites for hydroxylation is 1. The van der Waals surface area contributed by atoms with Gasteiger partial charge in [-0.05, 0) is 36.2 Å². The van der Waals surface area contributed by atoms with Gasteiger partial charge in [0, 0.05) is 18.0 Å². The normalized spacial score (nSPS) is 10.1. The van der Waals surface area contributed by atoms with Gasteiger partial charge in [-0.25, -0.2) is 0 Å². The summed E-state index contributed by atoms with van der Waals surface area (Å²) in [6.45, 7) is 2.03. The molecule has 0 saturated carbocycles. The zero-order chi connectivity index (χ0) is 12.3. The van der Waals surface area contributed by atoms with Gasteiger partial charge in [-0.3, -0.25) is 4.98 Å². The van der Waals surface area contributed by atoms with E-state index < -0.39 is 0 Å². The van der Waals surface area contributed by atoms with E-state index in [1.165, 1.54) is 0 Å². The Labute approximate surface area is 101 Å². The van der Waals surface area contributed by atoms with Gasteiger partial charge in [0.25, 0.3) is 0 Å². The first kappa shape index (κ1) is 11.5. The number of hydrogen-bond donors (Lipinski definition) is 0. The molecule has 1 aromatic heterocycles. The highest BCUT2D eigenvalue weighted by Crippen LogP contribution is 2.32. The number of rotatable bonds is 3. The minimum absolute atomic E-state index is 0.728. The highest BCUT2D eigenvalue weighted by molar-refractivity contribution is 5.66. The van der Waals surface area contributed by atoms with Crippen molar-refractivity contribution >= 4 is 0 Å². The highest BCUT2D eigenvalue weighted by atomic mass is 16.5. The van der Waals surface area contributed by atoms with Crippen molar-refractivity contribution in [1.29, 1.82) is 0 Å². The maximum atomic E-state index is 5.28. The lowest BCUT2D eigenvalue weighted by Crippen LogP contribution is -1.91. The summed E-state index contributed by atoms with van der Waals surface area (Å²) < 4.78 is 10.5. The molecule has 17 heavy (non-hydrogen) atoms. The molecule has 0 saturated heterocycles. The first-order valence-corrected chi connectivity index (χ1v) is 5.38. The van der Waals surface area contributed by atoms with Gasteiger partial charge in [0.1, 0.15) is 0 Å². The average molecular weight is 229 g/mol. The molecule has 0 radical (unpaired) electrons. The number of pyridine rings is 1. The fourth-order valence-electron chi connectivity index (χ4n) is 1.73. The van der Waals surface area contributed by atoms with E-state index in [-0.39, 0.29) is 0 Å². The van der Waals surface area contributed by atoms with Gasteiger partial charge in [0.2, 0.25) is 0 Å². The van der Waals surface area contributed by atoms with E-state index in [4.69, 9.17) is 9.47 Å². The summed E-state index contributed by atoms with van der Waals surface area (Å²) in [5.74, 6) is 1.46. The Balaban J connectivity index is 2.46.